The number of nitrogens with two attached hydrogens (primary N) is 2. The number of aryl methyl sites for hydroxylation is 2. The SMILES string of the molecule is CCc1nc2cccc(-c3ccc(=O)n(CC)c3)c2c(=O)n1-c1ccccc1.N#Cc1cnc(N)nc1N. The van der Waals surface area contributed by atoms with Crippen LogP contribution in [0.2, 0.25) is 0 Å². The highest BCUT2D eigenvalue weighted by atomic mass is 16.1. The van der Waals surface area contributed by atoms with Gasteiger partial charge in [0.1, 0.15) is 23.3 Å². The summed E-state index contributed by atoms with van der Waals surface area (Å²) >= 11 is 0. The Hall–Kier alpha value is -5.30. The summed E-state index contributed by atoms with van der Waals surface area (Å²) in [6, 6.07) is 20.4. The van der Waals surface area contributed by atoms with Gasteiger partial charge < -0.3 is 16.0 Å². The fraction of sp³-hybridized carbons (Fsp3) is 0.143. The third kappa shape index (κ3) is 5.12. The molecule has 0 aliphatic heterocycles. The molecule has 4 N–H and O–H groups in total. The van der Waals surface area contributed by atoms with Crippen molar-refractivity contribution in [2.24, 2.45) is 0 Å². The van der Waals surface area contributed by atoms with Crippen LogP contribution in [0.15, 0.2) is 82.6 Å². The summed E-state index contributed by atoms with van der Waals surface area (Å²) in [5.74, 6) is 0.922. The van der Waals surface area contributed by atoms with E-state index in [1.807, 2.05) is 68.4 Å². The molecule has 38 heavy (non-hydrogen) atoms. The topological polar surface area (TPSA) is 159 Å². The van der Waals surface area contributed by atoms with Crippen molar-refractivity contribution in [1.29, 1.82) is 5.26 Å². The van der Waals surface area contributed by atoms with Gasteiger partial charge in [-0.25, -0.2) is 9.97 Å². The number of pyridine rings is 1. The van der Waals surface area contributed by atoms with E-state index < -0.39 is 0 Å². The number of nitriles is 1. The average Bonchev–Trinajstić information content (AvgIpc) is 2.93. The third-order valence-electron chi connectivity index (χ3n) is 5.89. The third-order valence-corrected chi connectivity index (χ3v) is 5.89. The number of hydrogen-bond acceptors (Lipinski definition) is 8. The van der Waals surface area contributed by atoms with Crippen molar-refractivity contribution in [1.82, 2.24) is 24.1 Å². The average molecular weight is 507 g/mol. The van der Waals surface area contributed by atoms with Gasteiger partial charge in [-0.2, -0.15) is 10.2 Å². The second-order valence-electron chi connectivity index (χ2n) is 8.24. The van der Waals surface area contributed by atoms with E-state index in [9.17, 15) is 9.59 Å². The zero-order chi connectivity index (χ0) is 27.2. The van der Waals surface area contributed by atoms with Crippen LogP contribution in [-0.4, -0.2) is 24.1 Å². The van der Waals surface area contributed by atoms with Gasteiger partial charge in [-0.05, 0) is 42.3 Å². The van der Waals surface area contributed by atoms with Crippen molar-refractivity contribution < 1.29 is 0 Å². The number of nitrogen functional groups attached to an aromatic ring is 2. The van der Waals surface area contributed by atoms with Crippen LogP contribution in [0.1, 0.15) is 25.2 Å². The molecule has 3 heterocycles. The molecule has 0 saturated heterocycles. The molecular weight excluding hydrogens is 480 g/mol. The predicted octanol–water partition coefficient (Wildman–Crippen LogP) is 3.31. The number of nitrogens with zero attached hydrogens (tertiary/aromatic N) is 6. The molecular formula is C28H26N8O2. The number of fused-ring (bicyclic) bond motifs is 1. The molecule has 190 valence electrons. The highest BCUT2D eigenvalue weighted by molar-refractivity contribution is 5.94. The molecule has 0 unspecified atom stereocenters. The van der Waals surface area contributed by atoms with E-state index in [1.54, 1.807) is 27.5 Å². The minimum absolute atomic E-state index is 0.0559. The summed E-state index contributed by atoms with van der Waals surface area (Å²) in [5.41, 5.74) is 13.6. The Morgan fingerprint density at radius 1 is 0.947 bits per heavy atom. The number of hydrogen-bond donors (Lipinski definition) is 2. The van der Waals surface area contributed by atoms with Crippen LogP contribution >= 0.6 is 0 Å². The molecule has 10 nitrogen and oxygen atoms in total. The van der Waals surface area contributed by atoms with E-state index in [1.165, 1.54) is 6.20 Å². The van der Waals surface area contributed by atoms with Gasteiger partial charge in [-0.3, -0.25) is 14.2 Å². The number of benzene rings is 2. The lowest BCUT2D eigenvalue weighted by Gasteiger charge is -2.15. The molecule has 2 aromatic carbocycles. The molecule has 0 aliphatic carbocycles. The summed E-state index contributed by atoms with van der Waals surface area (Å²) in [6.45, 7) is 4.49. The monoisotopic (exact) mass is 506 g/mol. The van der Waals surface area contributed by atoms with Crippen LogP contribution in [0, 0.1) is 11.3 Å². The van der Waals surface area contributed by atoms with Crippen molar-refractivity contribution in [2.45, 2.75) is 26.8 Å². The number of anilines is 2. The maximum absolute atomic E-state index is 13.6. The summed E-state index contributed by atoms with van der Waals surface area (Å²) in [4.78, 5) is 37.5. The normalized spacial score (nSPS) is 10.4. The van der Waals surface area contributed by atoms with Gasteiger partial charge in [0.25, 0.3) is 11.1 Å². The molecule has 0 amide bonds. The van der Waals surface area contributed by atoms with Gasteiger partial charge in [0.05, 0.1) is 22.8 Å². The number of rotatable bonds is 4. The quantitative estimate of drug-likeness (QED) is 0.376. The van der Waals surface area contributed by atoms with E-state index in [-0.39, 0.29) is 28.4 Å². The summed E-state index contributed by atoms with van der Waals surface area (Å²) < 4.78 is 3.32. The largest absolute Gasteiger partial charge is 0.382 e. The molecule has 10 heteroatoms. The highest BCUT2D eigenvalue weighted by Gasteiger charge is 2.15. The lowest BCUT2D eigenvalue weighted by Crippen LogP contribution is -2.24. The lowest BCUT2D eigenvalue weighted by molar-refractivity contribution is 0.728. The molecule has 0 atom stereocenters. The Labute approximate surface area is 218 Å². The minimum Gasteiger partial charge on any atom is -0.382 e. The van der Waals surface area contributed by atoms with E-state index in [0.717, 1.165) is 22.6 Å². The highest BCUT2D eigenvalue weighted by Crippen LogP contribution is 2.26. The van der Waals surface area contributed by atoms with E-state index in [4.69, 9.17) is 21.7 Å². The van der Waals surface area contributed by atoms with E-state index in [2.05, 4.69) is 9.97 Å². The molecule has 0 bridgehead atoms. The summed E-state index contributed by atoms with van der Waals surface area (Å²) in [6.07, 6.45) is 3.74. The first-order valence-corrected chi connectivity index (χ1v) is 12.0. The van der Waals surface area contributed by atoms with Crippen LogP contribution < -0.4 is 22.6 Å². The van der Waals surface area contributed by atoms with Gasteiger partial charge in [-0.15, -0.1) is 0 Å². The van der Waals surface area contributed by atoms with Gasteiger partial charge >= 0.3 is 0 Å². The van der Waals surface area contributed by atoms with E-state index >= 15 is 0 Å². The predicted molar refractivity (Wildman–Crippen MR) is 148 cm³/mol. The van der Waals surface area contributed by atoms with Crippen molar-refractivity contribution in [3.05, 3.63) is 105 Å². The number of aromatic nitrogens is 5. The smallest absolute Gasteiger partial charge is 0.266 e. The van der Waals surface area contributed by atoms with E-state index in [0.29, 0.717) is 23.9 Å². The first-order chi connectivity index (χ1) is 18.4. The van der Waals surface area contributed by atoms with Crippen LogP contribution in [-0.2, 0) is 13.0 Å². The molecule has 5 aromatic rings. The van der Waals surface area contributed by atoms with Crippen molar-refractivity contribution >= 4 is 22.7 Å². The molecule has 3 aromatic heterocycles. The fourth-order valence-corrected chi connectivity index (χ4v) is 4.03. The Kier molecular flexibility index (Phi) is 7.58. The lowest BCUT2D eigenvalue weighted by atomic mass is 10.0. The Morgan fingerprint density at radius 2 is 1.71 bits per heavy atom. The van der Waals surface area contributed by atoms with Gasteiger partial charge in [0, 0.05) is 25.2 Å². The van der Waals surface area contributed by atoms with Gasteiger partial charge in [-0.1, -0.05) is 37.3 Å². The first-order valence-electron chi connectivity index (χ1n) is 12.0. The van der Waals surface area contributed by atoms with Crippen molar-refractivity contribution in [2.75, 3.05) is 11.5 Å². The van der Waals surface area contributed by atoms with Crippen LogP contribution in [0.3, 0.4) is 0 Å². The molecule has 0 radical (unpaired) electrons. The van der Waals surface area contributed by atoms with Gasteiger partial charge in [0.2, 0.25) is 5.95 Å². The molecule has 0 aliphatic rings. The second kappa shape index (κ2) is 11.2. The number of para-hydroxylation sites is 1. The van der Waals surface area contributed by atoms with Crippen LogP contribution in [0.4, 0.5) is 11.8 Å². The molecule has 5 rings (SSSR count). The zero-order valence-electron chi connectivity index (χ0n) is 21.0. The summed E-state index contributed by atoms with van der Waals surface area (Å²) in [5, 5.41) is 8.92. The molecule has 0 saturated carbocycles. The second-order valence-corrected chi connectivity index (χ2v) is 8.24. The van der Waals surface area contributed by atoms with Crippen LogP contribution in [0.25, 0.3) is 27.7 Å². The Morgan fingerprint density at radius 3 is 2.37 bits per heavy atom. The zero-order valence-corrected chi connectivity index (χ0v) is 21.0. The summed E-state index contributed by atoms with van der Waals surface area (Å²) in [7, 11) is 0. The maximum Gasteiger partial charge on any atom is 0.266 e. The first kappa shape index (κ1) is 25.8. The van der Waals surface area contributed by atoms with Crippen LogP contribution in [0.5, 0.6) is 0 Å². The molecule has 0 spiro atoms. The fourth-order valence-electron chi connectivity index (χ4n) is 4.03. The standard InChI is InChI=1S/C23H21N3O2.C5H5N5/c1-3-20-24-19-12-8-11-18(16-13-14-21(27)25(4-2)15-16)22(19)23(28)26(20)17-9-6-5-7-10-17;6-1-3-2-9-5(8)10-4(3)7/h5-15H,3-4H2,1-2H3;2H,(H4,7,8,9,10). The molecule has 0 fully saturated rings. The minimum atomic E-state index is -0.0992. The Bertz CT molecular complexity index is 1770. The maximum atomic E-state index is 13.6. The van der Waals surface area contributed by atoms with Gasteiger partial charge in [0.15, 0.2) is 0 Å². The Balaban J connectivity index is 0.000000283. The van der Waals surface area contributed by atoms with Crippen molar-refractivity contribution in [3.63, 3.8) is 0 Å². The van der Waals surface area contributed by atoms with Crippen molar-refractivity contribution in [3.8, 4) is 22.9 Å².